The molecule has 8 heteroatoms. The van der Waals surface area contributed by atoms with Gasteiger partial charge in [0.25, 0.3) is 0 Å². The minimum absolute atomic E-state index is 0.0246. The van der Waals surface area contributed by atoms with Gasteiger partial charge in [0.05, 0.1) is 10.0 Å². The predicted molar refractivity (Wildman–Crippen MR) is 82.2 cm³/mol. The fourth-order valence-corrected chi connectivity index (χ4v) is 5.16. The van der Waals surface area contributed by atoms with Crippen molar-refractivity contribution in [3.05, 3.63) is 27.2 Å². The quantitative estimate of drug-likeness (QED) is 0.874. The maximum atomic E-state index is 12.5. The van der Waals surface area contributed by atoms with Gasteiger partial charge in [-0.05, 0) is 37.6 Å². The van der Waals surface area contributed by atoms with Crippen molar-refractivity contribution in [1.82, 2.24) is 10.0 Å². The van der Waals surface area contributed by atoms with Gasteiger partial charge in [-0.1, -0.05) is 41.7 Å². The van der Waals surface area contributed by atoms with Crippen molar-refractivity contribution in [2.24, 2.45) is 5.92 Å². The molecule has 0 spiro atoms. The van der Waals surface area contributed by atoms with E-state index in [1.165, 1.54) is 12.1 Å². The molecular weight excluding hydrogens is 343 g/mol. The van der Waals surface area contributed by atoms with Crippen molar-refractivity contribution in [3.63, 3.8) is 0 Å². The van der Waals surface area contributed by atoms with E-state index in [1.54, 1.807) is 0 Å². The Hall–Kier alpha value is -0.0400. The lowest BCUT2D eigenvalue weighted by Gasteiger charge is -2.30. The second-order valence-electron chi connectivity index (χ2n) is 4.90. The maximum Gasteiger partial charge on any atom is 0.243 e. The normalized spacial score (nSPS) is 23.8. The highest BCUT2D eigenvalue weighted by Crippen LogP contribution is 2.33. The third-order valence-electron chi connectivity index (χ3n) is 3.32. The Morgan fingerprint density at radius 3 is 2.40 bits per heavy atom. The van der Waals surface area contributed by atoms with Gasteiger partial charge in [-0.15, -0.1) is 0 Å². The molecule has 2 atom stereocenters. The Morgan fingerprint density at radius 2 is 1.85 bits per heavy atom. The van der Waals surface area contributed by atoms with E-state index in [0.29, 0.717) is 5.02 Å². The van der Waals surface area contributed by atoms with Gasteiger partial charge in [-0.3, -0.25) is 0 Å². The second-order valence-corrected chi connectivity index (χ2v) is 7.80. The summed E-state index contributed by atoms with van der Waals surface area (Å²) in [5.74, 6) is 0.198. The van der Waals surface area contributed by atoms with Crippen LogP contribution in [0.15, 0.2) is 17.0 Å². The number of sulfonamides is 1. The largest absolute Gasteiger partial charge is 0.316 e. The topological polar surface area (TPSA) is 58.2 Å². The van der Waals surface area contributed by atoms with Gasteiger partial charge in [0.15, 0.2) is 0 Å². The van der Waals surface area contributed by atoms with Gasteiger partial charge in [0.1, 0.15) is 4.90 Å². The first-order chi connectivity index (χ1) is 9.31. The zero-order chi connectivity index (χ0) is 14.9. The number of hydrogen-bond donors (Lipinski definition) is 2. The lowest BCUT2D eigenvalue weighted by molar-refractivity contribution is 0.328. The van der Waals surface area contributed by atoms with Crippen LogP contribution in [0.25, 0.3) is 0 Å². The van der Waals surface area contributed by atoms with E-state index in [2.05, 4.69) is 10.0 Å². The summed E-state index contributed by atoms with van der Waals surface area (Å²) in [5.41, 5.74) is 0. The van der Waals surface area contributed by atoms with Gasteiger partial charge < -0.3 is 5.32 Å². The fourth-order valence-electron chi connectivity index (χ4n) is 2.23. The van der Waals surface area contributed by atoms with Gasteiger partial charge in [-0.2, -0.15) is 0 Å². The molecule has 0 bridgehead atoms. The van der Waals surface area contributed by atoms with Gasteiger partial charge >= 0.3 is 0 Å². The first-order valence-corrected chi connectivity index (χ1v) is 8.80. The van der Waals surface area contributed by atoms with Gasteiger partial charge in [-0.25, -0.2) is 13.1 Å². The summed E-state index contributed by atoms with van der Waals surface area (Å²) in [7, 11) is -3.77. The molecule has 112 valence electrons. The monoisotopic (exact) mass is 356 g/mol. The molecular formula is C12H15Cl3N2O2S. The van der Waals surface area contributed by atoms with Crippen LogP contribution in [0.4, 0.5) is 0 Å². The Labute approximate surface area is 133 Å². The van der Waals surface area contributed by atoms with E-state index in [4.69, 9.17) is 34.8 Å². The molecule has 0 saturated carbocycles. The summed E-state index contributed by atoms with van der Waals surface area (Å²) in [6.07, 6.45) is 0.725. The Balaban J connectivity index is 2.31. The van der Waals surface area contributed by atoms with Crippen LogP contribution in [0.5, 0.6) is 0 Å². The molecule has 2 rings (SSSR count). The van der Waals surface area contributed by atoms with Crippen molar-refractivity contribution in [3.8, 4) is 0 Å². The molecule has 1 aromatic carbocycles. The average Bonchev–Trinajstić information content (AvgIpc) is 2.30. The number of rotatable bonds is 3. The molecule has 2 unspecified atom stereocenters. The van der Waals surface area contributed by atoms with E-state index in [-0.39, 0.29) is 26.9 Å². The number of piperidine rings is 1. The van der Waals surface area contributed by atoms with E-state index < -0.39 is 10.0 Å². The minimum atomic E-state index is -3.77. The molecule has 0 aliphatic carbocycles. The number of nitrogens with one attached hydrogen (secondary N) is 2. The second kappa shape index (κ2) is 6.38. The van der Waals surface area contributed by atoms with Crippen LogP contribution in [0.1, 0.15) is 13.3 Å². The SMILES string of the molecule is CC1CNCCC1NS(=O)(=O)c1c(Cl)cc(Cl)cc1Cl. The van der Waals surface area contributed by atoms with Gasteiger partial charge in [0.2, 0.25) is 10.0 Å². The highest BCUT2D eigenvalue weighted by atomic mass is 35.5. The lowest BCUT2D eigenvalue weighted by Crippen LogP contribution is -2.48. The maximum absolute atomic E-state index is 12.5. The molecule has 1 saturated heterocycles. The smallest absolute Gasteiger partial charge is 0.243 e. The average molecular weight is 358 g/mol. The molecule has 20 heavy (non-hydrogen) atoms. The standard InChI is InChI=1S/C12H15Cl3N2O2S/c1-7-6-16-3-2-11(7)17-20(18,19)12-9(14)4-8(13)5-10(12)15/h4-5,7,11,16-17H,2-3,6H2,1H3. The molecule has 0 amide bonds. The highest BCUT2D eigenvalue weighted by Gasteiger charge is 2.29. The summed E-state index contributed by atoms with van der Waals surface area (Å²) < 4.78 is 27.6. The van der Waals surface area contributed by atoms with E-state index in [0.717, 1.165) is 19.5 Å². The van der Waals surface area contributed by atoms with Crippen LogP contribution in [-0.2, 0) is 10.0 Å². The van der Waals surface area contributed by atoms with E-state index >= 15 is 0 Å². The molecule has 4 nitrogen and oxygen atoms in total. The molecule has 1 fully saturated rings. The van der Waals surface area contributed by atoms with E-state index in [1.807, 2.05) is 6.92 Å². The van der Waals surface area contributed by atoms with Crippen molar-refractivity contribution < 1.29 is 8.42 Å². The third-order valence-corrected chi connectivity index (χ3v) is 5.95. The lowest BCUT2D eigenvalue weighted by atomic mass is 9.97. The van der Waals surface area contributed by atoms with Crippen LogP contribution in [-0.4, -0.2) is 27.5 Å². The van der Waals surface area contributed by atoms with Crippen LogP contribution in [0, 0.1) is 5.92 Å². The molecule has 0 radical (unpaired) electrons. The fraction of sp³-hybridized carbons (Fsp3) is 0.500. The molecule has 1 aliphatic rings. The number of benzene rings is 1. The van der Waals surface area contributed by atoms with Gasteiger partial charge in [0, 0.05) is 11.1 Å². The van der Waals surface area contributed by atoms with Crippen molar-refractivity contribution in [1.29, 1.82) is 0 Å². The van der Waals surface area contributed by atoms with Crippen molar-refractivity contribution >= 4 is 44.8 Å². The zero-order valence-corrected chi connectivity index (χ0v) is 13.9. The summed E-state index contributed by atoms with van der Waals surface area (Å²) >= 11 is 17.7. The third kappa shape index (κ3) is 3.59. The van der Waals surface area contributed by atoms with Crippen molar-refractivity contribution in [2.45, 2.75) is 24.3 Å². The first-order valence-electron chi connectivity index (χ1n) is 6.19. The van der Waals surface area contributed by atoms with Crippen LogP contribution in [0.3, 0.4) is 0 Å². The van der Waals surface area contributed by atoms with E-state index in [9.17, 15) is 8.42 Å². The highest BCUT2D eigenvalue weighted by molar-refractivity contribution is 7.89. The number of halogens is 3. The molecule has 1 aromatic rings. The summed E-state index contributed by atoms with van der Waals surface area (Å²) in [6, 6.07) is 2.61. The van der Waals surface area contributed by atoms with Crippen LogP contribution >= 0.6 is 34.8 Å². The van der Waals surface area contributed by atoms with Crippen LogP contribution in [0.2, 0.25) is 15.1 Å². The molecule has 1 aliphatic heterocycles. The summed E-state index contributed by atoms with van der Waals surface area (Å²) in [5, 5.41) is 3.57. The number of hydrogen-bond acceptors (Lipinski definition) is 3. The molecule has 1 heterocycles. The Kier molecular flexibility index (Phi) is 5.21. The Bertz CT molecular complexity index is 584. The molecule has 0 aromatic heterocycles. The minimum Gasteiger partial charge on any atom is -0.316 e. The summed E-state index contributed by atoms with van der Waals surface area (Å²) in [4.78, 5) is -0.115. The van der Waals surface area contributed by atoms with Crippen molar-refractivity contribution in [2.75, 3.05) is 13.1 Å². The predicted octanol–water partition coefficient (Wildman–Crippen LogP) is 2.92. The zero-order valence-electron chi connectivity index (χ0n) is 10.8. The molecule has 2 N–H and O–H groups in total. The first kappa shape index (κ1) is 16.3. The summed E-state index contributed by atoms with van der Waals surface area (Å²) in [6.45, 7) is 3.54. The Morgan fingerprint density at radius 1 is 1.25 bits per heavy atom. The van der Waals surface area contributed by atoms with Crippen LogP contribution < -0.4 is 10.0 Å².